The van der Waals surface area contributed by atoms with Gasteiger partial charge >= 0.3 is 0 Å². The van der Waals surface area contributed by atoms with E-state index in [1.165, 1.54) is 16.9 Å². The SMILES string of the molecule is O=C(N/N=C/c1ccc(CN(CCNCc2ccccn2)CCNCc2ccccn2)cc1)c1cccs1. The number of pyridine rings is 2. The third kappa shape index (κ3) is 9.60. The molecule has 8 nitrogen and oxygen atoms in total. The summed E-state index contributed by atoms with van der Waals surface area (Å²) in [6, 6.07) is 23.8. The highest BCUT2D eigenvalue weighted by Gasteiger charge is 2.07. The van der Waals surface area contributed by atoms with Gasteiger partial charge in [-0.25, -0.2) is 5.43 Å². The number of benzene rings is 1. The van der Waals surface area contributed by atoms with Crippen molar-refractivity contribution in [3.8, 4) is 0 Å². The van der Waals surface area contributed by atoms with E-state index < -0.39 is 0 Å². The maximum absolute atomic E-state index is 12.0. The number of hydrogen-bond acceptors (Lipinski definition) is 8. The Balaban J connectivity index is 1.26. The molecule has 3 heterocycles. The molecule has 9 heteroatoms. The lowest BCUT2D eigenvalue weighted by molar-refractivity contribution is 0.0959. The molecule has 1 amide bonds. The lowest BCUT2D eigenvalue weighted by atomic mass is 10.1. The highest BCUT2D eigenvalue weighted by atomic mass is 32.1. The summed E-state index contributed by atoms with van der Waals surface area (Å²) < 4.78 is 0. The topological polar surface area (TPSA) is 94.5 Å². The smallest absolute Gasteiger partial charge is 0.281 e. The number of rotatable bonds is 15. The van der Waals surface area contributed by atoms with Crippen LogP contribution in [0.1, 0.15) is 32.2 Å². The summed E-state index contributed by atoms with van der Waals surface area (Å²) in [6.45, 7) is 5.90. The van der Waals surface area contributed by atoms with E-state index in [1.54, 1.807) is 12.3 Å². The van der Waals surface area contributed by atoms with Gasteiger partial charge in [0, 0.05) is 58.2 Å². The van der Waals surface area contributed by atoms with Crippen LogP contribution < -0.4 is 16.1 Å². The highest BCUT2D eigenvalue weighted by Crippen LogP contribution is 2.09. The Labute approximate surface area is 227 Å². The molecular weight excluding hydrogens is 494 g/mol. The second-order valence-electron chi connectivity index (χ2n) is 8.69. The highest BCUT2D eigenvalue weighted by molar-refractivity contribution is 7.12. The Bertz CT molecular complexity index is 1190. The first kappa shape index (κ1) is 27.3. The summed E-state index contributed by atoms with van der Waals surface area (Å²) in [4.78, 5) is 23.8. The molecule has 0 atom stereocenters. The number of hydrazone groups is 1. The quantitative estimate of drug-likeness (QED) is 0.124. The van der Waals surface area contributed by atoms with Crippen LogP contribution in [-0.4, -0.2) is 53.2 Å². The Kier molecular flexibility index (Phi) is 11.1. The first-order chi connectivity index (χ1) is 18.8. The molecule has 0 unspecified atom stereocenters. The van der Waals surface area contributed by atoms with Crippen molar-refractivity contribution >= 4 is 23.5 Å². The van der Waals surface area contributed by atoms with Gasteiger partial charge < -0.3 is 10.6 Å². The molecular formula is C29H33N7OS. The second-order valence-corrected chi connectivity index (χ2v) is 9.64. The molecule has 4 rings (SSSR count). The first-order valence-electron chi connectivity index (χ1n) is 12.7. The molecule has 0 spiro atoms. The molecule has 3 aromatic heterocycles. The van der Waals surface area contributed by atoms with Crippen LogP contribution in [0.2, 0.25) is 0 Å². The molecule has 0 fully saturated rings. The zero-order valence-electron chi connectivity index (χ0n) is 21.3. The van der Waals surface area contributed by atoms with Gasteiger partial charge in [-0.2, -0.15) is 5.10 Å². The third-order valence-corrected chi connectivity index (χ3v) is 6.65. The van der Waals surface area contributed by atoms with E-state index >= 15 is 0 Å². The number of carbonyl (C=O) groups is 1. The van der Waals surface area contributed by atoms with Gasteiger partial charge in [0.15, 0.2) is 0 Å². The van der Waals surface area contributed by atoms with Crippen molar-refractivity contribution in [2.45, 2.75) is 19.6 Å². The average molecular weight is 528 g/mol. The fourth-order valence-corrected chi connectivity index (χ4v) is 4.39. The Morgan fingerprint density at radius 1 is 0.842 bits per heavy atom. The standard InChI is InChI=1S/C29H33N7OS/c37-29(28-8-5-19-38-28)35-34-20-24-9-11-25(12-10-24)23-36(17-15-30-21-26-6-1-3-13-32-26)18-16-31-22-27-7-2-4-14-33-27/h1-14,19-20,30-31H,15-18,21-23H2,(H,35,37)/b34-20+. The van der Waals surface area contributed by atoms with E-state index in [9.17, 15) is 4.79 Å². The van der Waals surface area contributed by atoms with Gasteiger partial charge in [-0.15, -0.1) is 11.3 Å². The van der Waals surface area contributed by atoms with Gasteiger partial charge in [0.2, 0.25) is 0 Å². The summed E-state index contributed by atoms with van der Waals surface area (Å²) in [5.74, 6) is -0.197. The lowest BCUT2D eigenvalue weighted by Crippen LogP contribution is -2.36. The Morgan fingerprint density at radius 2 is 1.50 bits per heavy atom. The third-order valence-electron chi connectivity index (χ3n) is 5.78. The van der Waals surface area contributed by atoms with E-state index in [2.05, 4.69) is 48.2 Å². The molecule has 38 heavy (non-hydrogen) atoms. The predicted octanol–water partition coefficient (Wildman–Crippen LogP) is 3.68. The van der Waals surface area contributed by atoms with Crippen molar-refractivity contribution in [3.63, 3.8) is 0 Å². The van der Waals surface area contributed by atoms with Gasteiger partial charge in [-0.3, -0.25) is 19.7 Å². The Hall–Kier alpha value is -3.76. The van der Waals surface area contributed by atoms with Gasteiger partial charge in [-0.1, -0.05) is 42.5 Å². The minimum Gasteiger partial charge on any atom is -0.310 e. The van der Waals surface area contributed by atoms with Gasteiger partial charge in [0.1, 0.15) is 0 Å². The fourth-order valence-electron chi connectivity index (χ4n) is 3.78. The molecule has 0 bridgehead atoms. The number of carbonyl (C=O) groups excluding carboxylic acids is 1. The summed E-state index contributed by atoms with van der Waals surface area (Å²) >= 11 is 1.39. The van der Waals surface area contributed by atoms with Crippen LogP contribution in [0.3, 0.4) is 0 Å². The van der Waals surface area contributed by atoms with Crippen molar-refractivity contribution in [2.24, 2.45) is 5.10 Å². The molecule has 3 N–H and O–H groups in total. The van der Waals surface area contributed by atoms with Crippen molar-refractivity contribution in [1.82, 2.24) is 30.9 Å². The van der Waals surface area contributed by atoms with Gasteiger partial charge in [0.05, 0.1) is 22.5 Å². The van der Waals surface area contributed by atoms with Crippen LogP contribution in [0.25, 0.3) is 0 Å². The first-order valence-corrected chi connectivity index (χ1v) is 13.5. The second kappa shape index (κ2) is 15.5. The molecule has 0 aliphatic carbocycles. The van der Waals surface area contributed by atoms with E-state index in [4.69, 9.17) is 0 Å². The molecule has 0 aliphatic rings. The van der Waals surface area contributed by atoms with Gasteiger partial charge in [0.25, 0.3) is 5.91 Å². The van der Waals surface area contributed by atoms with E-state index in [-0.39, 0.29) is 5.91 Å². The number of amides is 1. The zero-order valence-corrected chi connectivity index (χ0v) is 22.1. The zero-order chi connectivity index (χ0) is 26.3. The van der Waals surface area contributed by atoms with Crippen molar-refractivity contribution in [3.05, 3.63) is 118 Å². The number of nitrogens with zero attached hydrogens (tertiary/aromatic N) is 4. The summed E-state index contributed by atoms with van der Waals surface area (Å²) in [7, 11) is 0. The molecule has 0 saturated carbocycles. The fraction of sp³-hybridized carbons (Fsp3) is 0.241. The maximum Gasteiger partial charge on any atom is 0.281 e. The largest absolute Gasteiger partial charge is 0.310 e. The monoisotopic (exact) mass is 527 g/mol. The number of thiophene rings is 1. The molecule has 4 aromatic rings. The summed E-state index contributed by atoms with van der Waals surface area (Å²) in [5, 5.41) is 13.0. The van der Waals surface area contributed by atoms with Crippen LogP contribution in [0.5, 0.6) is 0 Å². The van der Waals surface area contributed by atoms with E-state index in [1.807, 2.05) is 72.4 Å². The van der Waals surface area contributed by atoms with E-state index in [0.717, 1.165) is 62.8 Å². The molecule has 0 aliphatic heterocycles. The molecule has 1 aromatic carbocycles. The predicted molar refractivity (Wildman–Crippen MR) is 153 cm³/mol. The average Bonchev–Trinajstić information content (AvgIpc) is 3.51. The van der Waals surface area contributed by atoms with Crippen LogP contribution in [0.4, 0.5) is 0 Å². The van der Waals surface area contributed by atoms with Crippen LogP contribution in [-0.2, 0) is 19.6 Å². The normalized spacial score (nSPS) is 11.3. The number of aromatic nitrogens is 2. The van der Waals surface area contributed by atoms with Crippen molar-refractivity contribution in [2.75, 3.05) is 26.2 Å². The molecule has 196 valence electrons. The van der Waals surface area contributed by atoms with Gasteiger partial charge in [-0.05, 0) is 46.8 Å². The summed E-state index contributed by atoms with van der Waals surface area (Å²) in [5.41, 5.74) is 6.81. The lowest BCUT2D eigenvalue weighted by Gasteiger charge is -2.23. The molecule has 0 saturated heterocycles. The van der Waals surface area contributed by atoms with Crippen LogP contribution in [0, 0.1) is 0 Å². The van der Waals surface area contributed by atoms with E-state index in [0.29, 0.717) is 4.88 Å². The van der Waals surface area contributed by atoms with Crippen LogP contribution >= 0.6 is 11.3 Å². The number of nitrogens with one attached hydrogen (secondary N) is 3. The number of hydrogen-bond donors (Lipinski definition) is 3. The Morgan fingerprint density at radius 3 is 2.05 bits per heavy atom. The minimum atomic E-state index is -0.197. The summed E-state index contributed by atoms with van der Waals surface area (Å²) in [6.07, 6.45) is 5.31. The maximum atomic E-state index is 12.0. The van der Waals surface area contributed by atoms with Crippen molar-refractivity contribution in [1.29, 1.82) is 0 Å². The van der Waals surface area contributed by atoms with Crippen molar-refractivity contribution < 1.29 is 4.79 Å². The minimum absolute atomic E-state index is 0.197. The van der Waals surface area contributed by atoms with Crippen LogP contribution in [0.15, 0.2) is 95.7 Å². The molecule has 0 radical (unpaired) electrons.